The van der Waals surface area contributed by atoms with E-state index >= 15 is 0 Å². The van der Waals surface area contributed by atoms with Gasteiger partial charge in [0.15, 0.2) is 5.60 Å². The Kier molecular flexibility index (Phi) is 4.83. The average Bonchev–Trinajstić information content (AvgIpc) is 3.11. The van der Waals surface area contributed by atoms with Crippen LogP contribution in [0.4, 0.5) is 5.69 Å². The lowest BCUT2D eigenvalue weighted by atomic mass is 10.1. The molecule has 3 aromatic rings. The molecule has 26 heavy (non-hydrogen) atoms. The van der Waals surface area contributed by atoms with Gasteiger partial charge in [-0.2, -0.15) is 10.4 Å². The summed E-state index contributed by atoms with van der Waals surface area (Å²) in [6.45, 7) is 1.46. The molecule has 0 fully saturated rings. The zero-order chi connectivity index (χ0) is 18.6. The van der Waals surface area contributed by atoms with E-state index in [9.17, 15) is 9.90 Å². The maximum atomic E-state index is 12.4. The van der Waals surface area contributed by atoms with E-state index in [4.69, 9.17) is 5.26 Å². The Morgan fingerprint density at radius 3 is 2.54 bits per heavy atom. The number of carbonyl (C=O) groups excluding carboxylic acids is 1. The number of nitrogens with zero attached hydrogens (tertiary/aromatic N) is 3. The number of hydrogen-bond donors (Lipinski definition) is 2. The standard InChI is InChI=1S/C20H18N4O2/c1-20(26,19(25)22-17-9-7-15(13-21)8-10-17)14-24-12-11-18(23-24)16-5-3-2-4-6-16/h2-12,26H,14H2,1H3,(H,22,25)/t20-/m0/s1. The molecule has 0 saturated carbocycles. The van der Waals surface area contributed by atoms with Gasteiger partial charge in [0.2, 0.25) is 0 Å². The molecule has 0 bridgehead atoms. The van der Waals surface area contributed by atoms with Gasteiger partial charge in [-0.25, -0.2) is 0 Å². The summed E-state index contributed by atoms with van der Waals surface area (Å²) in [5, 5.41) is 26.4. The predicted octanol–water partition coefficient (Wildman–Crippen LogP) is 2.81. The van der Waals surface area contributed by atoms with Crippen molar-refractivity contribution in [1.82, 2.24) is 9.78 Å². The largest absolute Gasteiger partial charge is 0.378 e. The van der Waals surface area contributed by atoms with Gasteiger partial charge in [-0.1, -0.05) is 30.3 Å². The summed E-state index contributed by atoms with van der Waals surface area (Å²) >= 11 is 0. The minimum absolute atomic E-state index is 0.0158. The fraction of sp³-hybridized carbons (Fsp3) is 0.150. The molecule has 130 valence electrons. The first-order valence-electron chi connectivity index (χ1n) is 8.11. The Hall–Kier alpha value is -3.43. The van der Waals surface area contributed by atoms with Crippen molar-refractivity contribution in [3.05, 3.63) is 72.4 Å². The third-order valence-corrected chi connectivity index (χ3v) is 3.94. The van der Waals surface area contributed by atoms with Crippen LogP contribution in [0.15, 0.2) is 66.9 Å². The first kappa shape index (κ1) is 17.4. The lowest BCUT2D eigenvalue weighted by molar-refractivity contribution is -0.133. The Morgan fingerprint density at radius 1 is 1.19 bits per heavy atom. The van der Waals surface area contributed by atoms with Crippen LogP contribution in [-0.2, 0) is 11.3 Å². The van der Waals surface area contributed by atoms with E-state index in [1.165, 1.54) is 6.92 Å². The van der Waals surface area contributed by atoms with Crippen molar-refractivity contribution in [2.45, 2.75) is 19.1 Å². The van der Waals surface area contributed by atoms with Crippen molar-refractivity contribution in [2.24, 2.45) is 0 Å². The number of hydrogen-bond acceptors (Lipinski definition) is 4. The van der Waals surface area contributed by atoms with Gasteiger partial charge < -0.3 is 10.4 Å². The summed E-state index contributed by atoms with van der Waals surface area (Å²) in [6.07, 6.45) is 1.73. The average molecular weight is 346 g/mol. The van der Waals surface area contributed by atoms with E-state index in [0.717, 1.165) is 11.3 Å². The van der Waals surface area contributed by atoms with Gasteiger partial charge in [-0.15, -0.1) is 0 Å². The van der Waals surface area contributed by atoms with Crippen molar-refractivity contribution < 1.29 is 9.90 Å². The molecule has 2 aromatic carbocycles. The van der Waals surface area contributed by atoms with Crippen LogP contribution in [0.5, 0.6) is 0 Å². The highest BCUT2D eigenvalue weighted by Gasteiger charge is 2.31. The van der Waals surface area contributed by atoms with Gasteiger partial charge in [0.05, 0.1) is 23.9 Å². The summed E-state index contributed by atoms with van der Waals surface area (Å²) in [5.41, 5.74) is 1.11. The van der Waals surface area contributed by atoms with E-state index in [0.29, 0.717) is 11.3 Å². The minimum Gasteiger partial charge on any atom is -0.378 e. The zero-order valence-corrected chi connectivity index (χ0v) is 14.3. The molecule has 1 atom stereocenters. The molecule has 0 unspecified atom stereocenters. The summed E-state index contributed by atoms with van der Waals surface area (Å²) in [5.74, 6) is -0.543. The quantitative estimate of drug-likeness (QED) is 0.743. The number of amides is 1. The van der Waals surface area contributed by atoms with Crippen LogP contribution in [0.1, 0.15) is 12.5 Å². The molecule has 0 spiro atoms. The molecule has 0 aliphatic heterocycles. The molecule has 1 amide bonds. The van der Waals surface area contributed by atoms with Crippen molar-refractivity contribution in [1.29, 1.82) is 5.26 Å². The minimum atomic E-state index is -1.64. The van der Waals surface area contributed by atoms with Crippen LogP contribution in [-0.4, -0.2) is 26.4 Å². The zero-order valence-electron chi connectivity index (χ0n) is 14.3. The Balaban J connectivity index is 1.69. The van der Waals surface area contributed by atoms with Gasteiger partial charge in [-0.3, -0.25) is 9.48 Å². The summed E-state index contributed by atoms with van der Waals surface area (Å²) < 4.78 is 1.54. The molecule has 0 aliphatic rings. The topological polar surface area (TPSA) is 90.9 Å². The normalized spacial score (nSPS) is 12.8. The number of nitriles is 1. The molecule has 0 radical (unpaired) electrons. The number of anilines is 1. The van der Waals surface area contributed by atoms with E-state index in [1.54, 1.807) is 35.1 Å². The van der Waals surface area contributed by atoms with E-state index in [2.05, 4.69) is 10.4 Å². The maximum absolute atomic E-state index is 12.4. The van der Waals surface area contributed by atoms with E-state index < -0.39 is 11.5 Å². The van der Waals surface area contributed by atoms with Gasteiger partial charge in [0.25, 0.3) is 5.91 Å². The van der Waals surface area contributed by atoms with Crippen molar-refractivity contribution in [3.8, 4) is 17.3 Å². The second-order valence-corrected chi connectivity index (χ2v) is 6.18. The molecule has 1 heterocycles. The highest BCUT2D eigenvalue weighted by Crippen LogP contribution is 2.18. The number of rotatable bonds is 5. The number of aliphatic hydroxyl groups is 1. The molecular formula is C20H18N4O2. The SMILES string of the molecule is C[C@](O)(Cn1ccc(-c2ccccc2)n1)C(=O)Nc1ccc(C#N)cc1. The van der Waals surface area contributed by atoms with Crippen LogP contribution < -0.4 is 5.32 Å². The maximum Gasteiger partial charge on any atom is 0.257 e. The number of aromatic nitrogens is 2. The Labute approximate surface area is 151 Å². The molecule has 3 rings (SSSR count). The van der Waals surface area contributed by atoms with Gasteiger partial charge in [0.1, 0.15) is 0 Å². The fourth-order valence-corrected chi connectivity index (χ4v) is 2.49. The molecule has 6 heteroatoms. The number of benzene rings is 2. The third-order valence-electron chi connectivity index (χ3n) is 3.94. The number of carbonyl (C=O) groups is 1. The van der Waals surface area contributed by atoms with Crippen molar-refractivity contribution in [3.63, 3.8) is 0 Å². The second-order valence-electron chi connectivity index (χ2n) is 6.18. The smallest absolute Gasteiger partial charge is 0.257 e. The Bertz CT molecular complexity index is 938. The lowest BCUT2D eigenvalue weighted by Crippen LogP contribution is -2.43. The van der Waals surface area contributed by atoms with E-state index in [1.807, 2.05) is 42.5 Å². The van der Waals surface area contributed by atoms with Crippen molar-refractivity contribution >= 4 is 11.6 Å². The highest BCUT2D eigenvalue weighted by molar-refractivity contribution is 5.96. The van der Waals surface area contributed by atoms with E-state index in [-0.39, 0.29) is 6.54 Å². The lowest BCUT2D eigenvalue weighted by Gasteiger charge is -2.22. The number of nitrogens with one attached hydrogen (secondary N) is 1. The first-order chi connectivity index (χ1) is 12.5. The van der Waals surface area contributed by atoms with Crippen LogP contribution in [0, 0.1) is 11.3 Å². The first-order valence-corrected chi connectivity index (χ1v) is 8.11. The van der Waals surface area contributed by atoms with Crippen LogP contribution in [0.2, 0.25) is 0 Å². The van der Waals surface area contributed by atoms with Crippen LogP contribution in [0.25, 0.3) is 11.3 Å². The van der Waals surface area contributed by atoms with Crippen LogP contribution >= 0.6 is 0 Å². The fourth-order valence-electron chi connectivity index (χ4n) is 2.49. The Morgan fingerprint density at radius 2 is 1.88 bits per heavy atom. The molecular weight excluding hydrogens is 328 g/mol. The monoisotopic (exact) mass is 346 g/mol. The second kappa shape index (κ2) is 7.21. The highest BCUT2D eigenvalue weighted by atomic mass is 16.3. The molecule has 2 N–H and O–H groups in total. The summed E-state index contributed by atoms with van der Waals surface area (Å²) in [4.78, 5) is 12.4. The van der Waals surface area contributed by atoms with Gasteiger partial charge >= 0.3 is 0 Å². The molecule has 0 saturated heterocycles. The summed E-state index contributed by atoms with van der Waals surface area (Å²) in [6, 6.07) is 20.0. The van der Waals surface area contributed by atoms with Gasteiger partial charge in [-0.05, 0) is 37.3 Å². The molecule has 6 nitrogen and oxygen atoms in total. The van der Waals surface area contributed by atoms with Crippen molar-refractivity contribution in [2.75, 3.05) is 5.32 Å². The van der Waals surface area contributed by atoms with Gasteiger partial charge in [0, 0.05) is 17.4 Å². The molecule has 1 aromatic heterocycles. The summed E-state index contributed by atoms with van der Waals surface area (Å²) in [7, 11) is 0. The van der Waals surface area contributed by atoms with Crippen LogP contribution in [0.3, 0.4) is 0 Å². The molecule has 0 aliphatic carbocycles. The predicted molar refractivity (Wildman–Crippen MR) is 98.1 cm³/mol. The third kappa shape index (κ3) is 3.97.